The number of anilines is 1. The zero-order chi connectivity index (χ0) is 31.6. The zero-order valence-electron chi connectivity index (χ0n) is 25.7. The van der Waals surface area contributed by atoms with Crippen LogP contribution in [0.4, 0.5) is 20.6 Å². The number of aromatic nitrogens is 2. The number of ether oxygens (including phenoxy) is 1. The van der Waals surface area contributed by atoms with Gasteiger partial charge in [0.15, 0.2) is 0 Å². The number of halogens is 2. The smallest absolute Gasteiger partial charge is 0.407 e. The molecule has 1 fully saturated rings. The summed E-state index contributed by atoms with van der Waals surface area (Å²) in [5.74, 6) is -0.317. The molecule has 0 saturated heterocycles. The van der Waals surface area contributed by atoms with Crippen molar-refractivity contribution in [2.24, 2.45) is 10.7 Å². The van der Waals surface area contributed by atoms with Gasteiger partial charge in [0.05, 0.1) is 33.7 Å². The highest BCUT2D eigenvalue weighted by molar-refractivity contribution is 6.33. The number of rotatable bonds is 8. The van der Waals surface area contributed by atoms with Crippen LogP contribution in [-0.4, -0.2) is 58.2 Å². The lowest BCUT2D eigenvalue weighted by Crippen LogP contribution is -2.38. The van der Waals surface area contributed by atoms with Crippen LogP contribution in [0.5, 0.6) is 0 Å². The van der Waals surface area contributed by atoms with Crippen LogP contribution >= 0.6 is 11.6 Å². The summed E-state index contributed by atoms with van der Waals surface area (Å²) in [6.45, 7) is 6.31. The first-order valence-corrected chi connectivity index (χ1v) is 15.0. The SMILES string of the molecule is CN(C)Cc1ccccc1-c1cc2c(N[C@@H]3CC[C@H](NC(=O)OC(C)(C)C)C3)c(C(N)=Nc3cc(F)ccc3Cl)cnn2c1. The lowest BCUT2D eigenvalue weighted by molar-refractivity contribution is 0.0505. The molecule has 0 spiro atoms. The summed E-state index contributed by atoms with van der Waals surface area (Å²) in [5.41, 5.74) is 11.6. The number of amides is 1. The number of amidine groups is 1. The highest BCUT2D eigenvalue weighted by atomic mass is 35.5. The Hall–Kier alpha value is -4.15. The molecule has 0 unspecified atom stereocenters. The summed E-state index contributed by atoms with van der Waals surface area (Å²) in [6, 6.07) is 14.3. The third-order valence-corrected chi connectivity index (χ3v) is 7.70. The van der Waals surface area contributed by atoms with E-state index in [-0.39, 0.29) is 28.6 Å². The second kappa shape index (κ2) is 12.8. The fraction of sp³-hybridized carbons (Fsp3) is 0.364. The Morgan fingerprint density at radius 2 is 1.93 bits per heavy atom. The summed E-state index contributed by atoms with van der Waals surface area (Å²) in [7, 11) is 4.09. The van der Waals surface area contributed by atoms with Gasteiger partial charge in [0, 0.05) is 36.5 Å². The molecular formula is C33H39ClFN7O2. The van der Waals surface area contributed by atoms with E-state index in [4.69, 9.17) is 22.1 Å². The van der Waals surface area contributed by atoms with Gasteiger partial charge in [-0.05, 0) is 83.5 Å². The van der Waals surface area contributed by atoms with Crippen molar-refractivity contribution in [2.45, 2.75) is 64.3 Å². The Morgan fingerprint density at radius 1 is 1.18 bits per heavy atom. The number of carbonyl (C=O) groups excluding carboxylic acids is 1. The molecule has 1 aliphatic carbocycles. The van der Waals surface area contributed by atoms with Gasteiger partial charge >= 0.3 is 6.09 Å². The van der Waals surface area contributed by atoms with E-state index in [0.717, 1.165) is 41.7 Å². The summed E-state index contributed by atoms with van der Waals surface area (Å²) >= 11 is 6.31. The van der Waals surface area contributed by atoms with Crippen LogP contribution in [0.3, 0.4) is 0 Å². The first kappa shape index (κ1) is 31.3. The van der Waals surface area contributed by atoms with Crippen molar-refractivity contribution in [1.82, 2.24) is 19.8 Å². The Kier molecular flexibility index (Phi) is 9.12. The molecule has 2 heterocycles. The van der Waals surface area contributed by atoms with Crippen molar-refractivity contribution in [3.8, 4) is 11.1 Å². The monoisotopic (exact) mass is 619 g/mol. The molecule has 9 nitrogen and oxygen atoms in total. The van der Waals surface area contributed by atoms with Crippen LogP contribution in [0.1, 0.15) is 51.2 Å². The number of fused-ring (bicyclic) bond motifs is 1. The first-order valence-electron chi connectivity index (χ1n) is 14.7. The van der Waals surface area contributed by atoms with E-state index in [9.17, 15) is 9.18 Å². The molecule has 0 bridgehead atoms. The number of aliphatic imine (C=N–C) groups is 1. The molecule has 0 radical (unpaired) electrons. The normalized spacial score (nSPS) is 17.3. The fourth-order valence-electron chi connectivity index (χ4n) is 5.51. The van der Waals surface area contributed by atoms with Crippen LogP contribution < -0.4 is 16.4 Å². The average Bonchev–Trinajstić information content (AvgIpc) is 3.56. The minimum absolute atomic E-state index is 0.0322. The maximum Gasteiger partial charge on any atom is 0.407 e. The van der Waals surface area contributed by atoms with Crippen LogP contribution in [-0.2, 0) is 11.3 Å². The van der Waals surface area contributed by atoms with Crippen LogP contribution in [0.15, 0.2) is 65.9 Å². The number of carbonyl (C=O) groups is 1. The van der Waals surface area contributed by atoms with E-state index in [2.05, 4.69) is 43.8 Å². The molecule has 0 aliphatic heterocycles. The van der Waals surface area contributed by atoms with Gasteiger partial charge in [-0.15, -0.1) is 0 Å². The van der Waals surface area contributed by atoms with Gasteiger partial charge in [0.1, 0.15) is 17.3 Å². The van der Waals surface area contributed by atoms with Gasteiger partial charge in [0.25, 0.3) is 0 Å². The third-order valence-electron chi connectivity index (χ3n) is 7.38. The van der Waals surface area contributed by atoms with E-state index in [0.29, 0.717) is 12.0 Å². The number of hydrogen-bond acceptors (Lipinski definition) is 6. The lowest BCUT2D eigenvalue weighted by Gasteiger charge is -2.22. The lowest BCUT2D eigenvalue weighted by atomic mass is 10.0. The Balaban J connectivity index is 1.52. The highest BCUT2D eigenvalue weighted by Gasteiger charge is 2.29. The second-order valence-electron chi connectivity index (χ2n) is 12.5. The largest absolute Gasteiger partial charge is 0.444 e. The molecule has 5 rings (SSSR count). The summed E-state index contributed by atoms with van der Waals surface area (Å²) in [6.07, 6.45) is 5.53. The summed E-state index contributed by atoms with van der Waals surface area (Å²) in [4.78, 5) is 19.0. The predicted octanol–water partition coefficient (Wildman–Crippen LogP) is 6.75. The van der Waals surface area contributed by atoms with Crippen LogP contribution in [0, 0.1) is 5.82 Å². The number of alkyl carbamates (subject to hydrolysis) is 1. The Labute approximate surface area is 262 Å². The molecule has 4 aromatic rings. The number of benzene rings is 2. The number of hydrogen-bond donors (Lipinski definition) is 3. The van der Waals surface area contributed by atoms with Crippen molar-refractivity contribution < 1.29 is 13.9 Å². The molecule has 2 aromatic heterocycles. The summed E-state index contributed by atoms with van der Waals surface area (Å²) < 4.78 is 21.3. The minimum atomic E-state index is -0.572. The Morgan fingerprint density at radius 3 is 2.68 bits per heavy atom. The van der Waals surface area contributed by atoms with Crippen LogP contribution in [0.2, 0.25) is 5.02 Å². The minimum Gasteiger partial charge on any atom is -0.444 e. The van der Waals surface area contributed by atoms with Crippen molar-refractivity contribution in [3.05, 3.63) is 82.9 Å². The van der Waals surface area contributed by atoms with E-state index in [1.165, 1.54) is 23.8 Å². The number of nitrogens with two attached hydrogens (primary N) is 1. The fourth-order valence-corrected chi connectivity index (χ4v) is 5.67. The average molecular weight is 620 g/mol. The molecular weight excluding hydrogens is 581 g/mol. The Bertz CT molecular complexity index is 1700. The highest BCUT2D eigenvalue weighted by Crippen LogP contribution is 2.34. The predicted molar refractivity (Wildman–Crippen MR) is 174 cm³/mol. The van der Waals surface area contributed by atoms with Gasteiger partial charge < -0.3 is 26.0 Å². The van der Waals surface area contributed by atoms with Gasteiger partial charge in [0.2, 0.25) is 0 Å². The quantitative estimate of drug-likeness (QED) is 0.149. The molecule has 2 atom stereocenters. The number of nitrogens with one attached hydrogen (secondary N) is 2. The van der Waals surface area contributed by atoms with Gasteiger partial charge in [-0.1, -0.05) is 35.9 Å². The van der Waals surface area contributed by atoms with Gasteiger partial charge in [-0.3, -0.25) is 0 Å². The summed E-state index contributed by atoms with van der Waals surface area (Å²) in [5, 5.41) is 11.6. The molecule has 1 aliphatic rings. The van der Waals surface area contributed by atoms with Crippen molar-refractivity contribution >= 4 is 40.4 Å². The standard InChI is InChI=1S/C33H39ClFN7O2/c1-33(2,3)44-32(43)39-24-12-11-23(16-24)38-30-26(31(36)40-28-15-22(35)10-13-27(28)34)17-37-42-19-21(14-29(30)42)25-9-7-6-8-20(25)18-41(4)5/h6-10,13-15,17,19,23-24,38H,11-12,16,18H2,1-5H3,(H2,36,40)(H,39,43)/t23-,24+/m1/s1. The maximum absolute atomic E-state index is 14.0. The molecule has 11 heteroatoms. The molecule has 1 saturated carbocycles. The zero-order valence-corrected chi connectivity index (χ0v) is 26.5. The molecule has 2 aromatic carbocycles. The third kappa shape index (κ3) is 7.49. The second-order valence-corrected chi connectivity index (χ2v) is 12.9. The molecule has 1 amide bonds. The van der Waals surface area contributed by atoms with Crippen molar-refractivity contribution in [2.75, 3.05) is 19.4 Å². The first-order chi connectivity index (χ1) is 20.9. The van der Waals surface area contributed by atoms with E-state index >= 15 is 0 Å². The van der Waals surface area contributed by atoms with Crippen molar-refractivity contribution in [1.29, 1.82) is 0 Å². The van der Waals surface area contributed by atoms with Gasteiger partial charge in [-0.2, -0.15) is 5.10 Å². The van der Waals surface area contributed by atoms with E-state index in [1.54, 1.807) is 6.20 Å². The van der Waals surface area contributed by atoms with Crippen molar-refractivity contribution in [3.63, 3.8) is 0 Å². The van der Waals surface area contributed by atoms with Crippen LogP contribution in [0.25, 0.3) is 16.6 Å². The van der Waals surface area contributed by atoms with E-state index in [1.807, 2.05) is 57.7 Å². The van der Waals surface area contributed by atoms with E-state index < -0.39 is 17.5 Å². The molecule has 232 valence electrons. The molecule has 4 N–H and O–H groups in total. The maximum atomic E-state index is 14.0. The van der Waals surface area contributed by atoms with Gasteiger partial charge in [-0.25, -0.2) is 18.7 Å². The topological polar surface area (TPSA) is 109 Å². The number of nitrogens with zero attached hydrogens (tertiary/aromatic N) is 4. The molecule has 44 heavy (non-hydrogen) atoms.